The Morgan fingerprint density at radius 3 is 2.89 bits per heavy atom. The highest BCUT2D eigenvalue weighted by molar-refractivity contribution is 6.31. The zero-order valence-corrected chi connectivity index (χ0v) is 10.9. The molecule has 0 saturated heterocycles. The highest BCUT2D eigenvalue weighted by Gasteiger charge is 2.03. The van der Waals surface area contributed by atoms with Crippen LogP contribution in [0.1, 0.15) is 16.1 Å². The summed E-state index contributed by atoms with van der Waals surface area (Å²) in [4.78, 5) is 15.0. The highest BCUT2D eigenvalue weighted by atomic mass is 35.5. The SMILES string of the molecule is O=C(O)c1cccc(NCCc2ncccc2Cl)c1. The summed E-state index contributed by atoms with van der Waals surface area (Å²) in [5, 5.41) is 12.7. The van der Waals surface area contributed by atoms with Crippen molar-refractivity contribution >= 4 is 23.3 Å². The number of hydrogen-bond donors (Lipinski definition) is 2. The van der Waals surface area contributed by atoms with Gasteiger partial charge in [0.05, 0.1) is 16.3 Å². The van der Waals surface area contributed by atoms with Gasteiger partial charge in [0, 0.05) is 24.8 Å². The minimum Gasteiger partial charge on any atom is -0.478 e. The van der Waals surface area contributed by atoms with Gasteiger partial charge >= 0.3 is 5.97 Å². The van der Waals surface area contributed by atoms with Crippen LogP contribution >= 0.6 is 11.6 Å². The third kappa shape index (κ3) is 3.69. The molecule has 0 atom stereocenters. The summed E-state index contributed by atoms with van der Waals surface area (Å²) in [5.74, 6) is -0.934. The van der Waals surface area contributed by atoms with Crippen LogP contribution in [0.25, 0.3) is 0 Å². The van der Waals surface area contributed by atoms with Crippen LogP contribution in [-0.2, 0) is 6.42 Å². The van der Waals surface area contributed by atoms with Gasteiger partial charge in [-0.15, -0.1) is 0 Å². The van der Waals surface area contributed by atoms with E-state index in [2.05, 4.69) is 10.3 Å². The molecule has 0 spiro atoms. The van der Waals surface area contributed by atoms with E-state index in [4.69, 9.17) is 16.7 Å². The summed E-state index contributed by atoms with van der Waals surface area (Å²) in [5.41, 5.74) is 1.86. The summed E-state index contributed by atoms with van der Waals surface area (Å²) in [7, 11) is 0. The Kier molecular flexibility index (Phi) is 4.36. The average Bonchev–Trinajstić information content (AvgIpc) is 2.41. The van der Waals surface area contributed by atoms with Gasteiger partial charge in [-0.2, -0.15) is 0 Å². The van der Waals surface area contributed by atoms with Crippen molar-refractivity contribution in [2.45, 2.75) is 6.42 Å². The van der Waals surface area contributed by atoms with Gasteiger partial charge in [0.15, 0.2) is 0 Å². The van der Waals surface area contributed by atoms with E-state index in [0.717, 1.165) is 11.4 Å². The Morgan fingerprint density at radius 2 is 2.16 bits per heavy atom. The van der Waals surface area contributed by atoms with E-state index in [0.29, 0.717) is 18.0 Å². The first-order valence-electron chi connectivity index (χ1n) is 5.83. The largest absolute Gasteiger partial charge is 0.478 e. The molecule has 19 heavy (non-hydrogen) atoms. The van der Waals surface area contributed by atoms with Gasteiger partial charge in [-0.25, -0.2) is 4.79 Å². The first-order chi connectivity index (χ1) is 9.16. The van der Waals surface area contributed by atoms with Crippen molar-refractivity contribution < 1.29 is 9.90 Å². The fourth-order valence-corrected chi connectivity index (χ4v) is 1.91. The maximum atomic E-state index is 10.8. The van der Waals surface area contributed by atoms with Crippen molar-refractivity contribution in [3.05, 3.63) is 58.9 Å². The second kappa shape index (κ2) is 6.20. The van der Waals surface area contributed by atoms with Gasteiger partial charge in [0.1, 0.15) is 0 Å². The fourth-order valence-electron chi connectivity index (χ4n) is 1.69. The van der Waals surface area contributed by atoms with Gasteiger partial charge in [0.2, 0.25) is 0 Å². The van der Waals surface area contributed by atoms with Crippen molar-refractivity contribution in [2.24, 2.45) is 0 Å². The maximum absolute atomic E-state index is 10.8. The van der Waals surface area contributed by atoms with Crippen LogP contribution in [0.5, 0.6) is 0 Å². The second-order valence-electron chi connectivity index (χ2n) is 3.99. The Morgan fingerprint density at radius 1 is 1.32 bits per heavy atom. The summed E-state index contributed by atoms with van der Waals surface area (Å²) in [6, 6.07) is 10.3. The number of anilines is 1. The summed E-state index contributed by atoms with van der Waals surface area (Å²) < 4.78 is 0. The molecule has 0 bridgehead atoms. The molecule has 1 aromatic carbocycles. The molecule has 0 fully saturated rings. The minimum absolute atomic E-state index is 0.265. The van der Waals surface area contributed by atoms with E-state index >= 15 is 0 Å². The Balaban J connectivity index is 1.94. The molecule has 5 heteroatoms. The molecule has 0 amide bonds. The highest BCUT2D eigenvalue weighted by Crippen LogP contribution is 2.14. The molecule has 1 aromatic heterocycles. The van der Waals surface area contributed by atoms with Crippen molar-refractivity contribution in [1.82, 2.24) is 4.98 Å². The molecule has 2 N–H and O–H groups in total. The van der Waals surface area contributed by atoms with E-state index in [1.807, 2.05) is 6.07 Å². The van der Waals surface area contributed by atoms with E-state index in [1.165, 1.54) is 0 Å². The maximum Gasteiger partial charge on any atom is 0.335 e. The Hall–Kier alpha value is -2.07. The van der Waals surface area contributed by atoms with Gasteiger partial charge in [-0.05, 0) is 30.3 Å². The van der Waals surface area contributed by atoms with E-state index in [-0.39, 0.29) is 5.56 Å². The lowest BCUT2D eigenvalue weighted by Crippen LogP contribution is -2.07. The topological polar surface area (TPSA) is 62.2 Å². The smallest absolute Gasteiger partial charge is 0.335 e. The van der Waals surface area contributed by atoms with Gasteiger partial charge in [-0.3, -0.25) is 4.98 Å². The molecule has 2 rings (SSSR count). The quantitative estimate of drug-likeness (QED) is 0.881. The number of nitrogens with zero attached hydrogens (tertiary/aromatic N) is 1. The predicted octanol–water partition coefficient (Wildman–Crippen LogP) is 3.09. The molecule has 0 aliphatic rings. The molecule has 0 saturated carbocycles. The van der Waals surface area contributed by atoms with Crippen molar-refractivity contribution in [2.75, 3.05) is 11.9 Å². The molecule has 4 nitrogen and oxygen atoms in total. The molecule has 1 heterocycles. The van der Waals surface area contributed by atoms with Crippen LogP contribution in [0.15, 0.2) is 42.6 Å². The number of aromatic carboxylic acids is 1. The number of carbonyl (C=O) groups is 1. The van der Waals surface area contributed by atoms with Crippen LogP contribution in [0.4, 0.5) is 5.69 Å². The molecule has 2 aromatic rings. The van der Waals surface area contributed by atoms with Crippen LogP contribution in [0.3, 0.4) is 0 Å². The second-order valence-corrected chi connectivity index (χ2v) is 4.40. The van der Waals surface area contributed by atoms with Crippen molar-refractivity contribution in [3.63, 3.8) is 0 Å². The number of aromatic nitrogens is 1. The fraction of sp³-hybridized carbons (Fsp3) is 0.143. The summed E-state index contributed by atoms with van der Waals surface area (Å²) in [6.45, 7) is 0.639. The first kappa shape index (κ1) is 13.4. The number of rotatable bonds is 5. The standard InChI is InChI=1S/C14H13ClN2O2/c15-12-5-2-7-17-13(12)6-8-16-11-4-1-3-10(9-11)14(18)19/h1-5,7,9,16H,6,8H2,(H,18,19). The lowest BCUT2D eigenvalue weighted by molar-refractivity contribution is 0.0697. The molecule has 0 radical (unpaired) electrons. The molecule has 0 aliphatic carbocycles. The van der Waals surface area contributed by atoms with Crippen molar-refractivity contribution in [3.8, 4) is 0 Å². The lowest BCUT2D eigenvalue weighted by Gasteiger charge is -2.07. The monoisotopic (exact) mass is 276 g/mol. The molecule has 0 aliphatic heterocycles. The number of benzene rings is 1. The zero-order chi connectivity index (χ0) is 13.7. The van der Waals surface area contributed by atoms with Crippen LogP contribution < -0.4 is 5.32 Å². The summed E-state index contributed by atoms with van der Waals surface area (Å²) in [6.07, 6.45) is 2.38. The van der Waals surface area contributed by atoms with Crippen LogP contribution in [0.2, 0.25) is 5.02 Å². The molecule has 0 unspecified atom stereocenters. The third-order valence-corrected chi connectivity index (χ3v) is 2.98. The van der Waals surface area contributed by atoms with Crippen molar-refractivity contribution in [1.29, 1.82) is 0 Å². The lowest BCUT2D eigenvalue weighted by atomic mass is 10.2. The van der Waals surface area contributed by atoms with Gasteiger partial charge in [-0.1, -0.05) is 17.7 Å². The van der Waals surface area contributed by atoms with Crippen LogP contribution in [-0.4, -0.2) is 22.6 Å². The number of pyridine rings is 1. The molecule has 98 valence electrons. The number of hydrogen-bond acceptors (Lipinski definition) is 3. The number of nitrogens with one attached hydrogen (secondary N) is 1. The Labute approximate surface area is 116 Å². The van der Waals surface area contributed by atoms with Crippen LogP contribution in [0, 0.1) is 0 Å². The first-order valence-corrected chi connectivity index (χ1v) is 6.21. The average molecular weight is 277 g/mol. The zero-order valence-electron chi connectivity index (χ0n) is 10.1. The third-order valence-electron chi connectivity index (χ3n) is 2.64. The molecular formula is C14H13ClN2O2. The summed E-state index contributed by atoms with van der Waals surface area (Å²) >= 11 is 6.00. The predicted molar refractivity (Wildman–Crippen MR) is 74.8 cm³/mol. The van der Waals surface area contributed by atoms with E-state index in [1.54, 1.807) is 36.5 Å². The van der Waals surface area contributed by atoms with Gasteiger partial charge < -0.3 is 10.4 Å². The van der Waals surface area contributed by atoms with E-state index < -0.39 is 5.97 Å². The van der Waals surface area contributed by atoms with E-state index in [9.17, 15) is 4.79 Å². The van der Waals surface area contributed by atoms with Gasteiger partial charge in [0.25, 0.3) is 0 Å². The Bertz CT molecular complexity index is 587. The molecular weight excluding hydrogens is 264 g/mol. The normalized spacial score (nSPS) is 10.2. The number of carboxylic acids is 1. The number of carboxylic acid groups (broad SMARTS) is 1. The number of halogens is 1. The minimum atomic E-state index is -0.934.